The van der Waals surface area contributed by atoms with E-state index < -0.39 is 0 Å². The summed E-state index contributed by atoms with van der Waals surface area (Å²) >= 11 is 0. The topological polar surface area (TPSA) is 41.6 Å². The van der Waals surface area contributed by atoms with Crippen molar-refractivity contribution in [3.63, 3.8) is 0 Å². The van der Waals surface area contributed by atoms with Gasteiger partial charge in [0.15, 0.2) is 0 Å². The van der Waals surface area contributed by atoms with E-state index in [4.69, 9.17) is 4.74 Å². The zero-order valence-corrected chi connectivity index (χ0v) is 12.1. The Kier molecular flexibility index (Phi) is 7.28. The Bertz CT molecular complexity index is 244. The number of hydrogen-bond donors (Lipinski definition) is 1. The van der Waals surface area contributed by atoms with Crippen molar-refractivity contribution in [2.75, 3.05) is 26.4 Å². The Labute approximate surface area is 111 Å². The maximum Gasteiger partial charge on any atom is 0.240 e. The molecule has 1 saturated heterocycles. The van der Waals surface area contributed by atoms with Gasteiger partial charge in [0.05, 0.1) is 12.7 Å². The molecule has 1 amide bonds. The highest BCUT2D eigenvalue weighted by atomic mass is 16.5. The molecule has 0 aromatic heterocycles. The fourth-order valence-corrected chi connectivity index (χ4v) is 2.11. The number of amides is 1. The molecule has 0 radical (unpaired) electrons. The van der Waals surface area contributed by atoms with Crippen LogP contribution in [0.25, 0.3) is 0 Å². The van der Waals surface area contributed by atoms with Gasteiger partial charge in [0.1, 0.15) is 0 Å². The second-order valence-corrected chi connectivity index (χ2v) is 5.48. The second-order valence-electron chi connectivity index (χ2n) is 5.48. The third-order valence-electron chi connectivity index (χ3n) is 3.15. The van der Waals surface area contributed by atoms with E-state index in [1.54, 1.807) is 0 Å². The number of ether oxygens (including phenoxy) is 1. The smallest absolute Gasteiger partial charge is 0.240 e. The molecule has 1 fully saturated rings. The lowest BCUT2D eigenvalue weighted by molar-refractivity contribution is -0.129. The first-order valence-electron chi connectivity index (χ1n) is 7.25. The van der Waals surface area contributed by atoms with Crippen LogP contribution in [0.1, 0.15) is 46.5 Å². The molecule has 1 aliphatic heterocycles. The van der Waals surface area contributed by atoms with Gasteiger partial charge in [-0.1, -0.05) is 33.6 Å². The highest BCUT2D eigenvalue weighted by Crippen LogP contribution is 2.10. The van der Waals surface area contributed by atoms with Crippen molar-refractivity contribution < 1.29 is 9.53 Å². The average molecular weight is 256 g/mol. The van der Waals surface area contributed by atoms with E-state index in [9.17, 15) is 4.79 Å². The van der Waals surface area contributed by atoms with Crippen molar-refractivity contribution >= 4 is 5.91 Å². The fraction of sp³-hybridized carbons (Fsp3) is 0.929. The van der Waals surface area contributed by atoms with Crippen LogP contribution in [0, 0.1) is 5.92 Å². The van der Waals surface area contributed by atoms with Crippen LogP contribution in [-0.2, 0) is 9.53 Å². The maximum atomic E-state index is 12.0. The summed E-state index contributed by atoms with van der Waals surface area (Å²) in [6.07, 6.45) is 4.17. The molecule has 1 N–H and O–H groups in total. The fourth-order valence-electron chi connectivity index (χ4n) is 2.11. The number of hydrogen-bond acceptors (Lipinski definition) is 3. The average Bonchev–Trinajstić information content (AvgIpc) is 2.67. The van der Waals surface area contributed by atoms with Crippen molar-refractivity contribution in [1.82, 2.24) is 10.2 Å². The lowest BCUT2D eigenvalue weighted by atomic mass is 10.1. The van der Waals surface area contributed by atoms with Gasteiger partial charge in [-0.2, -0.15) is 0 Å². The molecule has 0 aromatic carbocycles. The molecule has 1 heterocycles. The molecule has 106 valence electrons. The lowest BCUT2D eigenvalue weighted by Crippen LogP contribution is -2.31. The van der Waals surface area contributed by atoms with Crippen LogP contribution in [0.3, 0.4) is 0 Å². The molecule has 0 saturated carbocycles. The third kappa shape index (κ3) is 5.36. The maximum absolute atomic E-state index is 12.0. The molecule has 18 heavy (non-hydrogen) atoms. The SMILES string of the molecule is CCCCC1NCN(CCCOCC(C)C)C1=O. The summed E-state index contributed by atoms with van der Waals surface area (Å²) < 4.78 is 5.52. The zero-order valence-electron chi connectivity index (χ0n) is 12.1. The Morgan fingerprint density at radius 3 is 2.89 bits per heavy atom. The minimum absolute atomic E-state index is 0.0570. The van der Waals surface area contributed by atoms with Crippen molar-refractivity contribution in [3.05, 3.63) is 0 Å². The van der Waals surface area contributed by atoms with Crippen LogP contribution in [0.5, 0.6) is 0 Å². The van der Waals surface area contributed by atoms with Crippen LogP contribution in [0.4, 0.5) is 0 Å². The van der Waals surface area contributed by atoms with Gasteiger partial charge < -0.3 is 9.64 Å². The van der Waals surface area contributed by atoms with Gasteiger partial charge in [0, 0.05) is 19.8 Å². The normalized spacial score (nSPS) is 20.1. The molecule has 4 heteroatoms. The van der Waals surface area contributed by atoms with E-state index in [0.29, 0.717) is 12.6 Å². The van der Waals surface area contributed by atoms with E-state index in [1.165, 1.54) is 0 Å². The largest absolute Gasteiger partial charge is 0.381 e. The first-order chi connectivity index (χ1) is 8.65. The van der Waals surface area contributed by atoms with Crippen molar-refractivity contribution in [1.29, 1.82) is 0 Å². The van der Waals surface area contributed by atoms with Gasteiger partial charge in [-0.15, -0.1) is 0 Å². The van der Waals surface area contributed by atoms with Crippen molar-refractivity contribution in [2.24, 2.45) is 5.92 Å². The predicted molar refractivity (Wildman–Crippen MR) is 73.3 cm³/mol. The molecule has 0 aliphatic carbocycles. The van der Waals surface area contributed by atoms with Crippen LogP contribution >= 0.6 is 0 Å². The molecular formula is C14H28N2O2. The highest BCUT2D eigenvalue weighted by Gasteiger charge is 2.29. The Hall–Kier alpha value is -0.610. The molecule has 1 aliphatic rings. The molecule has 0 spiro atoms. The summed E-state index contributed by atoms with van der Waals surface area (Å²) in [5.74, 6) is 0.853. The molecule has 1 rings (SSSR count). The number of unbranched alkanes of at least 4 members (excludes halogenated alkanes) is 1. The Morgan fingerprint density at radius 1 is 1.44 bits per heavy atom. The minimum Gasteiger partial charge on any atom is -0.381 e. The summed E-state index contributed by atoms with van der Waals surface area (Å²) in [6, 6.07) is 0.0570. The Morgan fingerprint density at radius 2 is 2.22 bits per heavy atom. The number of nitrogens with zero attached hydrogens (tertiary/aromatic N) is 1. The minimum atomic E-state index is 0.0570. The van der Waals surface area contributed by atoms with E-state index in [0.717, 1.165) is 45.4 Å². The monoisotopic (exact) mass is 256 g/mol. The second kappa shape index (κ2) is 8.48. The summed E-state index contributed by atoms with van der Waals surface area (Å²) in [7, 11) is 0. The predicted octanol–water partition coefficient (Wildman–Crippen LogP) is 2.00. The number of nitrogens with one attached hydrogen (secondary N) is 1. The van der Waals surface area contributed by atoms with Crippen molar-refractivity contribution in [2.45, 2.75) is 52.5 Å². The summed E-state index contributed by atoms with van der Waals surface area (Å²) in [6.45, 7) is 9.53. The molecular weight excluding hydrogens is 228 g/mol. The standard InChI is InChI=1S/C14H28N2O2/c1-4-5-7-13-14(17)16(11-15-13)8-6-9-18-10-12(2)3/h12-13,15H,4-11H2,1-3H3. The molecule has 1 atom stereocenters. The summed E-state index contributed by atoms with van der Waals surface area (Å²) in [5.41, 5.74) is 0. The summed E-state index contributed by atoms with van der Waals surface area (Å²) in [5, 5.41) is 3.29. The van der Waals surface area contributed by atoms with Gasteiger partial charge in [-0.25, -0.2) is 0 Å². The van der Waals surface area contributed by atoms with Crippen molar-refractivity contribution in [3.8, 4) is 0 Å². The van der Waals surface area contributed by atoms with Crippen LogP contribution in [0.15, 0.2) is 0 Å². The first kappa shape index (κ1) is 15.4. The van der Waals surface area contributed by atoms with Crippen LogP contribution in [0.2, 0.25) is 0 Å². The van der Waals surface area contributed by atoms with Gasteiger partial charge in [0.2, 0.25) is 5.91 Å². The van der Waals surface area contributed by atoms with Crippen LogP contribution in [-0.4, -0.2) is 43.3 Å². The molecule has 0 aromatic rings. The highest BCUT2D eigenvalue weighted by molar-refractivity contribution is 5.83. The molecule has 4 nitrogen and oxygen atoms in total. The quantitative estimate of drug-likeness (QED) is 0.642. The lowest BCUT2D eigenvalue weighted by Gasteiger charge is -2.15. The van der Waals surface area contributed by atoms with Crippen LogP contribution < -0.4 is 5.32 Å². The van der Waals surface area contributed by atoms with Gasteiger partial charge in [0.25, 0.3) is 0 Å². The number of carbonyl (C=O) groups is 1. The van der Waals surface area contributed by atoms with Gasteiger partial charge in [-0.05, 0) is 18.8 Å². The van der Waals surface area contributed by atoms with E-state index in [1.807, 2.05) is 4.90 Å². The molecule has 1 unspecified atom stereocenters. The zero-order chi connectivity index (χ0) is 13.4. The van der Waals surface area contributed by atoms with E-state index >= 15 is 0 Å². The molecule has 0 bridgehead atoms. The van der Waals surface area contributed by atoms with E-state index in [-0.39, 0.29) is 11.9 Å². The third-order valence-corrected chi connectivity index (χ3v) is 3.15. The van der Waals surface area contributed by atoms with E-state index in [2.05, 4.69) is 26.1 Å². The first-order valence-corrected chi connectivity index (χ1v) is 7.25. The van der Waals surface area contributed by atoms with Gasteiger partial charge in [-0.3, -0.25) is 10.1 Å². The summed E-state index contributed by atoms with van der Waals surface area (Å²) in [4.78, 5) is 13.9. The Balaban J connectivity index is 2.10. The number of rotatable bonds is 9. The van der Waals surface area contributed by atoms with Gasteiger partial charge >= 0.3 is 0 Å². The number of carbonyl (C=O) groups excluding carboxylic acids is 1.